The van der Waals surface area contributed by atoms with E-state index in [0.29, 0.717) is 0 Å². The maximum absolute atomic E-state index is 5.38. The molecule has 78 valence electrons. The fourth-order valence-electron chi connectivity index (χ4n) is 1.85. The van der Waals surface area contributed by atoms with Gasteiger partial charge in [-0.15, -0.1) is 11.3 Å². The first-order chi connectivity index (χ1) is 7.34. The van der Waals surface area contributed by atoms with Crippen LogP contribution in [0.3, 0.4) is 0 Å². The molecule has 0 fully saturated rings. The lowest BCUT2D eigenvalue weighted by atomic mass is 10.1. The molecule has 2 aromatic heterocycles. The highest BCUT2D eigenvalue weighted by atomic mass is 32.1. The molecule has 1 aliphatic rings. The summed E-state index contributed by atoms with van der Waals surface area (Å²) in [6.45, 7) is 1.96. The summed E-state index contributed by atoms with van der Waals surface area (Å²) in [5.74, 6) is 0.853. The van der Waals surface area contributed by atoms with Gasteiger partial charge < -0.3 is 9.42 Å². The molecule has 2 aromatic rings. The molecule has 0 N–H and O–H groups in total. The van der Waals surface area contributed by atoms with Crippen LogP contribution in [0.2, 0.25) is 0 Å². The molecule has 5 heteroatoms. The van der Waals surface area contributed by atoms with E-state index in [-0.39, 0.29) is 0 Å². The van der Waals surface area contributed by atoms with Crippen molar-refractivity contribution >= 4 is 11.3 Å². The molecule has 4 nitrogen and oxygen atoms in total. The summed E-state index contributed by atoms with van der Waals surface area (Å²) in [6, 6.07) is 0. The predicted molar refractivity (Wildman–Crippen MR) is 57.6 cm³/mol. The van der Waals surface area contributed by atoms with Crippen LogP contribution in [0.25, 0.3) is 10.8 Å². The van der Waals surface area contributed by atoms with Gasteiger partial charge >= 0.3 is 0 Å². The van der Waals surface area contributed by atoms with Crippen molar-refractivity contribution in [3.05, 3.63) is 22.8 Å². The molecule has 0 saturated carbocycles. The molecule has 0 aliphatic carbocycles. The minimum absolute atomic E-state index is 0.853. The second-order valence-electron chi connectivity index (χ2n) is 3.76. The Hall–Kier alpha value is -1.20. The predicted octanol–water partition coefficient (Wildman–Crippen LogP) is 1.79. The fourth-order valence-corrected chi connectivity index (χ4v) is 2.49. The lowest BCUT2D eigenvalue weighted by Crippen LogP contribution is -2.26. The molecule has 0 atom stereocenters. The number of hydrogen-bond donors (Lipinski definition) is 0. The quantitative estimate of drug-likeness (QED) is 0.736. The highest BCUT2D eigenvalue weighted by Crippen LogP contribution is 2.30. The van der Waals surface area contributed by atoms with E-state index in [9.17, 15) is 0 Å². The Morgan fingerprint density at radius 1 is 1.53 bits per heavy atom. The van der Waals surface area contributed by atoms with Crippen molar-refractivity contribution in [3.8, 4) is 10.8 Å². The molecule has 0 unspecified atom stereocenters. The van der Waals surface area contributed by atoms with Gasteiger partial charge in [-0.3, -0.25) is 0 Å². The maximum atomic E-state index is 5.38. The summed E-state index contributed by atoms with van der Waals surface area (Å²) in [4.78, 5) is 6.53. The minimum Gasteiger partial charge on any atom is -0.353 e. The van der Waals surface area contributed by atoms with Crippen molar-refractivity contribution in [2.75, 3.05) is 13.6 Å². The second kappa shape index (κ2) is 3.43. The zero-order valence-electron chi connectivity index (χ0n) is 8.43. The first kappa shape index (κ1) is 9.06. The SMILES string of the molecule is CN1CCc2noc(-c3nccs3)c2C1. The number of nitrogens with zero attached hydrogens (tertiary/aromatic N) is 3. The van der Waals surface area contributed by atoms with Gasteiger partial charge in [0.15, 0.2) is 10.8 Å². The second-order valence-corrected chi connectivity index (χ2v) is 4.66. The maximum Gasteiger partial charge on any atom is 0.200 e. The zero-order chi connectivity index (χ0) is 10.3. The topological polar surface area (TPSA) is 42.2 Å². The number of thiazole rings is 1. The first-order valence-corrected chi connectivity index (χ1v) is 5.78. The van der Waals surface area contributed by atoms with Gasteiger partial charge in [0.25, 0.3) is 0 Å². The summed E-state index contributed by atoms with van der Waals surface area (Å²) >= 11 is 1.59. The van der Waals surface area contributed by atoms with E-state index in [2.05, 4.69) is 22.1 Å². The third kappa shape index (κ3) is 1.48. The molecule has 15 heavy (non-hydrogen) atoms. The summed E-state index contributed by atoms with van der Waals surface area (Å²) in [6.07, 6.45) is 2.77. The fraction of sp³-hybridized carbons (Fsp3) is 0.400. The molecule has 3 heterocycles. The van der Waals surface area contributed by atoms with Crippen molar-refractivity contribution < 1.29 is 4.52 Å². The molecule has 0 bridgehead atoms. The number of fused-ring (bicyclic) bond motifs is 1. The van der Waals surface area contributed by atoms with Gasteiger partial charge in [-0.2, -0.15) is 0 Å². The largest absolute Gasteiger partial charge is 0.353 e. The van der Waals surface area contributed by atoms with Crippen molar-refractivity contribution in [2.24, 2.45) is 0 Å². The van der Waals surface area contributed by atoms with Gasteiger partial charge in [-0.1, -0.05) is 5.16 Å². The van der Waals surface area contributed by atoms with E-state index < -0.39 is 0 Å². The van der Waals surface area contributed by atoms with Gasteiger partial charge in [0.2, 0.25) is 0 Å². The average molecular weight is 221 g/mol. The number of likely N-dealkylation sites (N-methyl/N-ethyl adjacent to an activating group) is 1. The summed E-state index contributed by atoms with van der Waals surface area (Å²) in [7, 11) is 2.11. The molecule has 0 radical (unpaired) electrons. The molecule has 0 aromatic carbocycles. The van der Waals surface area contributed by atoms with Gasteiger partial charge in [-0.05, 0) is 7.05 Å². The Kier molecular flexibility index (Phi) is 2.07. The first-order valence-electron chi connectivity index (χ1n) is 4.90. The van der Waals surface area contributed by atoms with Crippen LogP contribution in [-0.4, -0.2) is 28.6 Å². The zero-order valence-corrected chi connectivity index (χ0v) is 9.25. The van der Waals surface area contributed by atoms with Gasteiger partial charge in [0.1, 0.15) is 0 Å². The summed E-state index contributed by atoms with van der Waals surface area (Å²) in [5, 5.41) is 7.00. The van der Waals surface area contributed by atoms with Gasteiger partial charge in [-0.25, -0.2) is 4.98 Å². The van der Waals surface area contributed by atoms with Crippen LogP contribution in [0.1, 0.15) is 11.3 Å². The summed E-state index contributed by atoms with van der Waals surface area (Å²) in [5.41, 5.74) is 2.30. The number of rotatable bonds is 1. The van der Waals surface area contributed by atoms with Gasteiger partial charge in [0.05, 0.1) is 5.69 Å². The molecular formula is C10H11N3OS. The van der Waals surface area contributed by atoms with Crippen LogP contribution in [-0.2, 0) is 13.0 Å². The third-order valence-electron chi connectivity index (χ3n) is 2.65. The van der Waals surface area contributed by atoms with Gasteiger partial charge in [0, 0.05) is 36.7 Å². The Morgan fingerprint density at radius 3 is 3.27 bits per heavy atom. The van der Waals surface area contributed by atoms with Crippen molar-refractivity contribution in [2.45, 2.75) is 13.0 Å². The van der Waals surface area contributed by atoms with Crippen molar-refractivity contribution in [3.63, 3.8) is 0 Å². The highest BCUT2D eigenvalue weighted by Gasteiger charge is 2.23. The Morgan fingerprint density at radius 2 is 2.47 bits per heavy atom. The lowest BCUT2D eigenvalue weighted by Gasteiger charge is -2.20. The van der Waals surface area contributed by atoms with E-state index in [4.69, 9.17) is 4.52 Å². The Balaban J connectivity index is 2.07. The van der Waals surface area contributed by atoms with E-state index in [1.165, 1.54) is 5.56 Å². The normalized spacial score (nSPS) is 16.6. The van der Waals surface area contributed by atoms with Crippen molar-refractivity contribution in [1.29, 1.82) is 0 Å². The van der Waals surface area contributed by atoms with Crippen LogP contribution < -0.4 is 0 Å². The average Bonchev–Trinajstić information content (AvgIpc) is 2.83. The molecule has 0 saturated heterocycles. The summed E-state index contributed by atoms with van der Waals surface area (Å²) < 4.78 is 5.38. The smallest absolute Gasteiger partial charge is 0.200 e. The van der Waals surface area contributed by atoms with E-state index in [1.807, 2.05) is 5.38 Å². The molecule has 3 rings (SSSR count). The molecule has 0 spiro atoms. The number of aromatic nitrogens is 2. The van der Waals surface area contributed by atoms with E-state index >= 15 is 0 Å². The van der Waals surface area contributed by atoms with Crippen LogP contribution in [0.5, 0.6) is 0 Å². The van der Waals surface area contributed by atoms with Crippen LogP contribution >= 0.6 is 11.3 Å². The molecular weight excluding hydrogens is 210 g/mol. The third-order valence-corrected chi connectivity index (χ3v) is 3.43. The Labute approximate surface area is 91.5 Å². The highest BCUT2D eigenvalue weighted by molar-refractivity contribution is 7.13. The molecule has 1 aliphatic heterocycles. The minimum atomic E-state index is 0.853. The monoisotopic (exact) mass is 221 g/mol. The van der Waals surface area contributed by atoms with Crippen LogP contribution in [0, 0.1) is 0 Å². The van der Waals surface area contributed by atoms with Crippen molar-refractivity contribution in [1.82, 2.24) is 15.0 Å². The van der Waals surface area contributed by atoms with Crippen LogP contribution in [0.15, 0.2) is 16.1 Å². The van der Waals surface area contributed by atoms with E-state index in [1.54, 1.807) is 17.5 Å². The molecule has 0 amide bonds. The Bertz CT molecular complexity index is 463. The van der Waals surface area contributed by atoms with E-state index in [0.717, 1.165) is 36.0 Å². The lowest BCUT2D eigenvalue weighted by molar-refractivity contribution is 0.311. The number of hydrogen-bond acceptors (Lipinski definition) is 5. The van der Waals surface area contributed by atoms with Crippen LogP contribution in [0.4, 0.5) is 0 Å². The standard InChI is InChI=1S/C10H11N3OS/c1-13-4-2-8-7(6-13)9(14-12-8)10-11-3-5-15-10/h3,5H,2,4,6H2,1H3.